The van der Waals surface area contributed by atoms with Gasteiger partial charge in [-0.3, -0.25) is 28.8 Å². The summed E-state index contributed by atoms with van der Waals surface area (Å²) in [6, 6.07) is -0.0537. The predicted molar refractivity (Wildman–Crippen MR) is 227 cm³/mol. The van der Waals surface area contributed by atoms with Gasteiger partial charge in [0, 0.05) is 54.1 Å². The molecule has 0 radical (unpaired) electrons. The summed E-state index contributed by atoms with van der Waals surface area (Å²) >= 11 is 0.651. The molecule has 60 heavy (non-hydrogen) atoms. The number of carbonyl (C=O) groups is 7. The zero-order valence-corrected chi connectivity index (χ0v) is 35.8. The van der Waals surface area contributed by atoms with E-state index in [4.69, 9.17) is 4.74 Å². The van der Waals surface area contributed by atoms with Crippen molar-refractivity contribution >= 4 is 52.7 Å². The fraction of sp³-hybridized carbons (Fsp3) is 0.400. The number of hydrogen-bond donors (Lipinski definition) is 6. The molecule has 1 aromatic rings. The number of phenolic OH excluding ortho intramolecular Hbond substituents is 1. The van der Waals surface area contributed by atoms with Crippen LogP contribution in [-0.4, -0.2) is 98.6 Å². The molecule has 4 rings (SSSR count). The van der Waals surface area contributed by atoms with Crippen molar-refractivity contribution in [3.8, 4) is 5.75 Å². The number of Topliss-reactive ketones (excluding diaryl/α,β-unsaturated/α-hetero) is 4. The molecule has 0 aromatic heterocycles. The number of aliphatic hydroxyl groups excluding tert-OH is 3. The number of hydrogen-bond acceptors (Lipinski definition) is 13. The monoisotopic (exact) mass is 846 g/mol. The Morgan fingerprint density at radius 1 is 0.867 bits per heavy atom. The molecule has 6 N–H and O–H groups in total. The molecule has 0 saturated carbocycles. The number of allylic oxidation sites excluding steroid dienone is 8. The fourth-order valence-electron chi connectivity index (χ4n) is 6.37. The van der Waals surface area contributed by atoms with E-state index < -0.39 is 99.8 Å². The van der Waals surface area contributed by atoms with Gasteiger partial charge in [-0.1, -0.05) is 75.5 Å². The van der Waals surface area contributed by atoms with Gasteiger partial charge in [0.05, 0.1) is 35.9 Å². The van der Waals surface area contributed by atoms with Crippen LogP contribution in [0.2, 0.25) is 0 Å². The van der Waals surface area contributed by atoms with Crippen molar-refractivity contribution < 1.29 is 58.7 Å². The Morgan fingerprint density at radius 3 is 2.18 bits per heavy atom. The maximum absolute atomic E-state index is 14.5. The number of aliphatic hydroxyl groups is 3. The van der Waals surface area contributed by atoms with Crippen molar-refractivity contribution in [2.24, 2.45) is 17.8 Å². The number of thioether (sulfide) groups is 1. The van der Waals surface area contributed by atoms with E-state index in [1.165, 1.54) is 51.1 Å². The van der Waals surface area contributed by atoms with Crippen molar-refractivity contribution in [2.75, 3.05) is 12.9 Å². The lowest BCUT2D eigenvalue weighted by Crippen LogP contribution is -2.42. The molecule has 322 valence electrons. The van der Waals surface area contributed by atoms with Crippen molar-refractivity contribution in [3.05, 3.63) is 111 Å². The number of aromatic hydroxyl groups is 1. The fourth-order valence-corrected chi connectivity index (χ4v) is 7.45. The largest absolute Gasteiger partial charge is 0.507 e. The van der Waals surface area contributed by atoms with Gasteiger partial charge in [-0.2, -0.15) is 0 Å². The number of aryl methyl sites for hydroxylation is 1. The second kappa shape index (κ2) is 22.2. The molecule has 0 saturated heterocycles. The molecular weight excluding hydrogens is 793 g/mol. The number of rotatable bonds is 5. The lowest BCUT2D eigenvalue weighted by Gasteiger charge is -2.25. The number of ether oxygens (including phenoxy) is 1. The first-order valence-electron chi connectivity index (χ1n) is 19.4. The minimum absolute atomic E-state index is 0.0246. The highest BCUT2D eigenvalue weighted by Gasteiger charge is 2.39. The van der Waals surface area contributed by atoms with Crippen LogP contribution < -0.4 is 10.6 Å². The van der Waals surface area contributed by atoms with Crippen LogP contribution in [0.3, 0.4) is 0 Å². The third-order valence-electron chi connectivity index (χ3n) is 10.0. The molecule has 14 nitrogen and oxygen atoms in total. The quantitative estimate of drug-likeness (QED) is 0.178. The van der Waals surface area contributed by atoms with Crippen molar-refractivity contribution in [1.82, 2.24) is 10.6 Å². The van der Waals surface area contributed by atoms with Crippen LogP contribution in [0.5, 0.6) is 5.75 Å². The van der Waals surface area contributed by atoms with E-state index in [-0.39, 0.29) is 46.0 Å². The number of amides is 2. The van der Waals surface area contributed by atoms with E-state index in [1.807, 2.05) is 0 Å². The Balaban J connectivity index is 2.20. The number of esters is 1. The van der Waals surface area contributed by atoms with Crippen LogP contribution in [-0.2, 0) is 23.9 Å². The number of methoxy groups -OCH3 is 1. The molecule has 0 fully saturated rings. The highest BCUT2D eigenvalue weighted by Crippen LogP contribution is 2.40. The number of ketones is 4. The first-order chi connectivity index (χ1) is 28.2. The Hall–Kier alpha value is -5.48. The lowest BCUT2D eigenvalue weighted by atomic mass is 9.83. The minimum Gasteiger partial charge on any atom is -0.507 e. The van der Waals surface area contributed by atoms with E-state index in [0.29, 0.717) is 17.3 Å². The first-order valence-corrected chi connectivity index (χ1v) is 20.3. The Kier molecular flexibility index (Phi) is 18.1. The molecule has 2 amide bonds. The maximum Gasteiger partial charge on any atom is 0.329 e. The van der Waals surface area contributed by atoms with Gasteiger partial charge in [-0.15, -0.1) is 11.8 Å². The zero-order valence-electron chi connectivity index (χ0n) is 35.0. The van der Waals surface area contributed by atoms with E-state index in [9.17, 15) is 54.0 Å². The van der Waals surface area contributed by atoms with Crippen LogP contribution in [0.25, 0.3) is 0 Å². The standard InChI is InChI=1S/C45H54N2O12S/c1-23-13-11-9-10-12-14-35(52)47-38-42(56)31-20-28(6)41(55)37(36(31)43(57)44(38)60-22-32(45(58)59-8)46-29(7)48)40(54)27(5)19-26(4)39(53)25(3)16-18-30(49)17-15-24(2)34(51)21-33(23)50/h9-16,18-20,23,25-26,30,32-33,39,49-50,53,55H,17,21-22H2,1-8H3,(H,46,48)(H,47,52)/b10-9-,13-11+,14-12-,18-16+,24-15+,27-19+/t23-,25-,26-,30-,32-,33-,39-/m0/s1. The number of carbonyl (C=O) groups excluding carboxylic acids is 7. The first kappa shape index (κ1) is 48.9. The van der Waals surface area contributed by atoms with Gasteiger partial charge in [0.15, 0.2) is 11.6 Å². The number of fused-ring (bicyclic) bond motifs is 18. The van der Waals surface area contributed by atoms with Crippen LogP contribution >= 0.6 is 11.8 Å². The lowest BCUT2D eigenvalue weighted by molar-refractivity contribution is -0.144. The van der Waals surface area contributed by atoms with Gasteiger partial charge in [0.1, 0.15) is 17.5 Å². The third kappa shape index (κ3) is 12.8. The highest BCUT2D eigenvalue weighted by atomic mass is 32.2. The van der Waals surface area contributed by atoms with Gasteiger partial charge in [0.25, 0.3) is 0 Å². The molecule has 4 bridgehead atoms. The van der Waals surface area contributed by atoms with E-state index in [2.05, 4.69) is 10.6 Å². The third-order valence-corrected chi connectivity index (χ3v) is 11.2. The molecule has 3 aliphatic rings. The predicted octanol–water partition coefficient (Wildman–Crippen LogP) is 4.47. The molecule has 1 aromatic carbocycles. The molecule has 1 aliphatic carbocycles. The second-order valence-electron chi connectivity index (χ2n) is 14.9. The average Bonchev–Trinajstić information content (AvgIpc) is 3.20. The van der Waals surface area contributed by atoms with Crippen molar-refractivity contribution in [1.29, 1.82) is 0 Å². The van der Waals surface area contributed by atoms with Gasteiger partial charge in [-0.25, -0.2) is 4.79 Å². The van der Waals surface area contributed by atoms with Crippen LogP contribution in [0, 0.1) is 24.7 Å². The van der Waals surface area contributed by atoms with Gasteiger partial charge in [0.2, 0.25) is 23.4 Å². The summed E-state index contributed by atoms with van der Waals surface area (Å²) in [7, 11) is 1.10. The van der Waals surface area contributed by atoms with Gasteiger partial charge in [-0.05, 0) is 50.0 Å². The van der Waals surface area contributed by atoms with Crippen LogP contribution in [0.15, 0.2) is 88.6 Å². The van der Waals surface area contributed by atoms with Crippen LogP contribution in [0.1, 0.15) is 91.0 Å². The van der Waals surface area contributed by atoms with Crippen LogP contribution in [0.4, 0.5) is 0 Å². The molecule has 15 heteroatoms. The molecule has 2 heterocycles. The summed E-state index contributed by atoms with van der Waals surface area (Å²) in [5, 5.41) is 48.6. The summed E-state index contributed by atoms with van der Waals surface area (Å²) in [5.41, 5.74) is -1.17. The van der Waals surface area contributed by atoms with Gasteiger partial charge < -0.3 is 35.8 Å². The topological polar surface area (TPSA) is 234 Å². The normalized spacial score (nSPS) is 28.4. The molecule has 2 aliphatic heterocycles. The molecule has 0 spiro atoms. The van der Waals surface area contributed by atoms with E-state index >= 15 is 0 Å². The Morgan fingerprint density at radius 2 is 1.53 bits per heavy atom. The van der Waals surface area contributed by atoms with E-state index in [0.717, 1.165) is 13.2 Å². The summed E-state index contributed by atoms with van der Waals surface area (Å²) in [6.07, 6.45) is 11.8. The summed E-state index contributed by atoms with van der Waals surface area (Å²) in [4.78, 5) is 93.1. The number of phenols is 1. The minimum atomic E-state index is -1.28. The summed E-state index contributed by atoms with van der Waals surface area (Å²) in [5.74, 6) is -7.71. The van der Waals surface area contributed by atoms with E-state index in [1.54, 1.807) is 58.1 Å². The Bertz CT molecular complexity index is 2110. The number of benzene rings is 1. The second-order valence-corrected chi connectivity index (χ2v) is 16.0. The molecular formula is C45H54N2O12S. The van der Waals surface area contributed by atoms with Crippen molar-refractivity contribution in [2.45, 2.75) is 85.7 Å². The SMILES string of the molecule is COC(=O)[C@H](CSC1=C2NC(=O)\C=C/C=C\C=C\[C@H](C)[C@@H](O)CC(=O)/C(C)=C/C[C@H](O)/C=C/[C@H](C)[C@H](O)[C@@H](C)/C=C(\C)C(=O)c3c(O)c(C)cc(c3C1=O)C2=O)NC(C)=O. The zero-order chi connectivity index (χ0) is 45.0. The Labute approximate surface area is 353 Å². The summed E-state index contributed by atoms with van der Waals surface area (Å²) in [6.45, 7) is 10.7. The highest BCUT2D eigenvalue weighted by molar-refractivity contribution is 8.04. The average molecular weight is 847 g/mol. The van der Waals surface area contributed by atoms with Crippen molar-refractivity contribution in [3.63, 3.8) is 0 Å². The smallest absolute Gasteiger partial charge is 0.329 e. The molecule has 0 unspecified atom stereocenters. The summed E-state index contributed by atoms with van der Waals surface area (Å²) < 4.78 is 4.80. The maximum atomic E-state index is 14.5. The number of nitrogens with one attached hydrogen (secondary N) is 2. The molecule has 7 atom stereocenters. The van der Waals surface area contributed by atoms with Gasteiger partial charge >= 0.3 is 5.97 Å².